The standard InChI is InChI=1S/C20H17BrCl2F3N5O/c1-10(31-16(12-4-5-12)15(21)17(28-31)20(24,25)26)19(32)27-18-14(23)9-30(29-18)8-11-2-6-13(22)7-3-11/h2-3,6-7,9-10,12H,4-5,8H2,1H3,(H,27,29,32). The third kappa shape index (κ3) is 4.82. The van der Waals surface area contributed by atoms with Crippen LogP contribution >= 0.6 is 39.1 Å². The van der Waals surface area contributed by atoms with E-state index in [4.69, 9.17) is 23.2 Å². The van der Waals surface area contributed by atoms with Crippen molar-refractivity contribution in [1.82, 2.24) is 19.6 Å². The van der Waals surface area contributed by atoms with Crippen molar-refractivity contribution in [1.29, 1.82) is 0 Å². The molecule has 170 valence electrons. The van der Waals surface area contributed by atoms with Crippen LogP contribution in [0.2, 0.25) is 10.0 Å². The van der Waals surface area contributed by atoms with Gasteiger partial charge < -0.3 is 5.32 Å². The second-order valence-electron chi connectivity index (χ2n) is 7.58. The van der Waals surface area contributed by atoms with Crippen LogP contribution in [0.1, 0.15) is 48.7 Å². The van der Waals surface area contributed by atoms with Crippen molar-refractivity contribution in [2.75, 3.05) is 5.32 Å². The lowest BCUT2D eigenvalue weighted by Gasteiger charge is -2.15. The molecule has 1 aromatic carbocycles. The molecule has 2 aromatic heterocycles. The lowest BCUT2D eigenvalue weighted by atomic mass is 10.2. The molecule has 1 fully saturated rings. The number of hydrogen-bond acceptors (Lipinski definition) is 3. The number of carbonyl (C=O) groups excluding carboxylic acids is 1. The zero-order chi connectivity index (χ0) is 23.2. The Bertz CT molecular complexity index is 1160. The molecule has 1 unspecified atom stereocenters. The van der Waals surface area contributed by atoms with Crippen molar-refractivity contribution in [3.63, 3.8) is 0 Å². The third-order valence-electron chi connectivity index (χ3n) is 5.08. The van der Waals surface area contributed by atoms with Crippen molar-refractivity contribution in [2.45, 2.75) is 44.4 Å². The molecule has 1 N–H and O–H groups in total. The van der Waals surface area contributed by atoms with Crippen molar-refractivity contribution in [3.05, 3.63) is 61.9 Å². The Kier molecular flexibility index (Phi) is 6.30. The van der Waals surface area contributed by atoms with Crippen LogP contribution in [0.4, 0.5) is 19.0 Å². The number of nitrogens with zero attached hydrogens (tertiary/aromatic N) is 4. The topological polar surface area (TPSA) is 64.7 Å². The molecule has 1 amide bonds. The summed E-state index contributed by atoms with van der Waals surface area (Å²) in [5.41, 5.74) is 0.263. The molecule has 12 heteroatoms. The summed E-state index contributed by atoms with van der Waals surface area (Å²) in [6.07, 6.45) is -1.58. The summed E-state index contributed by atoms with van der Waals surface area (Å²) in [6.45, 7) is 1.88. The second kappa shape index (κ2) is 8.72. The average Bonchev–Trinajstić information content (AvgIpc) is 3.40. The summed E-state index contributed by atoms with van der Waals surface area (Å²) >= 11 is 15.1. The predicted octanol–water partition coefficient (Wildman–Crippen LogP) is 6.29. The maximum atomic E-state index is 13.4. The van der Waals surface area contributed by atoms with Gasteiger partial charge in [-0.25, -0.2) is 0 Å². The number of alkyl halides is 3. The first-order valence-corrected chi connectivity index (χ1v) is 11.2. The van der Waals surface area contributed by atoms with Crippen molar-refractivity contribution in [3.8, 4) is 0 Å². The quantitative estimate of drug-likeness (QED) is 0.392. The van der Waals surface area contributed by atoms with Gasteiger partial charge in [0.05, 0.1) is 16.7 Å². The van der Waals surface area contributed by atoms with Crippen molar-refractivity contribution < 1.29 is 18.0 Å². The lowest BCUT2D eigenvalue weighted by Crippen LogP contribution is -2.26. The van der Waals surface area contributed by atoms with E-state index in [1.807, 2.05) is 12.1 Å². The average molecular weight is 551 g/mol. The van der Waals surface area contributed by atoms with Gasteiger partial charge in [-0.15, -0.1) is 0 Å². The Morgan fingerprint density at radius 2 is 1.91 bits per heavy atom. The summed E-state index contributed by atoms with van der Waals surface area (Å²) in [4.78, 5) is 12.8. The van der Waals surface area contributed by atoms with Gasteiger partial charge in [-0.2, -0.15) is 23.4 Å². The number of amides is 1. The molecule has 4 rings (SSSR count). The fourth-order valence-corrected chi connectivity index (χ4v) is 4.43. The Balaban J connectivity index is 1.53. The van der Waals surface area contributed by atoms with Gasteiger partial charge in [0, 0.05) is 17.1 Å². The highest BCUT2D eigenvalue weighted by Gasteiger charge is 2.43. The molecular weight excluding hydrogens is 534 g/mol. The number of halogens is 6. The minimum atomic E-state index is -4.63. The molecule has 0 bridgehead atoms. The second-order valence-corrected chi connectivity index (χ2v) is 9.22. The molecule has 0 spiro atoms. The van der Waals surface area contributed by atoms with E-state index in [-0.39, 0.29) is 21.2 Å². The molecule has 0 aliphatic heterocycles. The summed E-state index contributed by atoms with van der Waals surface area (Å²) in [5.74, 6) is -0.521. The van der Waals surface area contributed by atoms with Crippen LogP contribution in [0, 0.1) is 0 Å². The Morgan fingerprint density at radius 3 is 2.50 bits per heavy atom. The Morgan fingerprint density at radius 1 is 1.25 bits per heavy atom. The molecule has 0 radical (unpaired) electrons. The minimum Gasteiger partial charge on any atom is -0.306 e. The summed E-state index contributed by atoms with van der Waals surface area (Å²) < 4.78 is 42.6. The zero-order valence-electron chi connectivity index (χ0n) is 16.6. The number of rotatable bonds is 6. The summed E-state index contributed by atoms with van der Waals surface area (Å²) in [6, 6.07) is 6.18. The number of benzene rings is 1. The minimum absolute atomic E-state index is 0.0644. The first-order valence-electron chi connectivity index (χ1n) is 9.68. The molecule has 2 heterocycles. The predicted molar refractivity (Wildman–Crippen MR) is 118 cm³/mol. The lowest BCUT2D eigenvalue weighted by molar-refractivity contribution is -0.142. The highest BCUT2D eigenvalue weighted by Crippen LogP contribution is 2.47. The molecule has 32 heavy (non-hydrogen) atoms. The molecule has 1 saturated carbocycles. The molecule has 1 atom stereocenters. The van der Waals surface area contributed by atoms with E-state index in [9.17, 15) is 18.0 Å². The fourth-order valence-electron chi connectivity index (χ4n) is 3.30. The first-order chi connectivity index (χ1) is 15.0. The molecule has 1 aliphatic rings. The van der Waals surface area contributed by atoms with Gasteiger partial charge >= 0.3 is 6.18 Å². The van der Waals surface area contributed by atoms with Crippen LogP contribution in [0.3, 0.4) is 0 Å². The zero-order valence-corrected chi connectivity index (χ0v) is 19.7. The number of aromatic nitrogens is 4. The van der Waals surface area contributed by atoms with Crippen LogP contribution in [-0.4, -0.2) is 25.5 Å². The van der Waals surface area contributed by atoms with E-state index in [0.717, 1.165) is 23.1 Å². The van der Waals surface area contributed by atoms with E-state index in [1.165, 1.54) is 6.92 Å². The Labute approximate surface area is 199 Å². The van der Waals surface area contributed by atoms with Crippen LogP contribution < -0.4 is 5.32 Å². The van der Waals surface area contributed by atoms with Crippen molar-refractivity contribution in [2.24, 2.45) is 0 Å². The van der Waals surface area contributed by atoms with Gasteiger partial charge in [0.1, 0.15) is 11.1 Å². The summed E-state index contributed by atoms with van der Waals surface area (Å²) in [7, 11) is 0. The smallest absolute Gasteiger partial charge is 0.306 e. The van der Waals surface area contributed by atoms with E-state index < -0.39 is 23.8 Å². The largest absolute Gasteiger partial charge is 0.436 e. The number of nitrogens with one attached hydrogen (secondary N) is 1. The maximum absolute atomic E-state index is 13.4. The number of anilines is 1. The van der Waals surface area contributed by atoms with E-state index in [2.05, 4.69) is 31.4 Å². The van der Waals surface area contributed by atoms with Gasteiger partial charge in [0.25, 0.3) is 0 Å². The number of hydrogen-bond donors (Lipinski definition) is 1. The Hall–Kier alpha value is -2.04. The number of carbonyl (C=O) groups is 1. The van der Waals surface area contributed by atoms with Crippen LogP contribution in [-0.2, 0) is 17.5 Å². The maximum Gasteiger partial charge on any atom is 0.436 e. The van der Waals surface area contributed by atoms with Gasteiger partial charge in [-0.1, -0.05) is 35.3 Å². The molecule has 6 nitrogen and oxygen atoms in total. The van der Waals surface area contributed by atoms with Gasteiger partial charge in [0.15, 0.2) is 11.5 Å². The van der Waals surface area contributed by atoms with Crippen LogP contribution in [0.5, 0.6) is 0 Å². The molecule has 3 aromatic rings. The third-order valence-corrected chi connectivity index (χ3v) is 6.39. The fraction of sp³-hybridized carbons (Fsp3) is 0.350. The van der Waals surface area contributed by atoms with E-state index >= 15 is 0 Å². The molecular formula is C20H17BrCl2F3N5O. The highest BCUT2D eigenvalue weighted by atomic mass is 79.9. The van der Waals surface area contributed by atoms with Crippen LogP contribution in [0.25, 0.3) is 0 Å². The normalized spacial score (nSPS) is 15.1. The molecule has 1 aliphatic carbocycles. The van der Waals surface area contributed by atoms with E-state index in [1.54, 1.807) is 23.0 Å². The van der Waals surface area contributed by atoms with Gasteiger partial charge in [0.2, 0.25) is 5.91 Å². The first kappa shape index (κ1) is 23.1. The highest BCUT2D eigenvalue weighted by molar-refractivity contribution is 9.10. The van der Waals surface area contributed by atoms with Gasteiger partial charge in [-0.05, 0) is 53.4 Å². The monoisotopic (exact) mass is 549 g/mol. The summed E-state index contributed by atoms with van der Waals surface area (Å²) in [5, 5.41) is 11.4. The molecule has 0 saturated heterocycles. The van der Waals surface area contributed by atoms with Crippen molar-refractivity contribution >= 4 is 50.9 Å². The SMILES string of the molecule is CC(C(=O)Nc1nn(Cc2ccc(Cl)cc2)cc1Cl)n1nc(C(F)(F)F)c(Br)c1C1CC1. The van der Waals surface area contributed by atoms with E-state index in [0.29, 0.717) is 17.3 Å². The van der Waals surface area contributed by atoms with Crippen LogP contribution in [0.15, 0.2) is 34.9 Å². The van der Waals surface area contributed by atoms with Gasteiger partial charge in [-0.3, -0.25) is 14.2 Å².